The molecule has 1 aliphatic heterocycles. The first-order chi connectivity index (χ1) is 24.0. The predicted molar refractivity (Wildman–Crippen MR) is 209 cm³/mol. The van der Waals surface area contributed by atoms with E-state index < -0.39 is 0 Å². The summed E-state index contributed by atoms with van der Waals surface area (Å²) in [4.78, 5) is 31.3. The molecule has 0 saturated carbocycles. The number of ether oxygens (including phenoxy) is 2. The highest BCUT2D eigenvalue weighted by Crippen LogP contribution is 2.18. The van der Waals surface area contributed by atoms with Crippen LogP contribution in [0, 0.1) is 0 Å². The number of rotatable bonds is 36. The smallest absolute Gasteiger partial charge is 0.306 e. The first kappa shape index (κ1) is 45.9. The zero-order chi connectivity index (χ0) is 35.6. The summed E-state index contributed by atoms with van der Waals surface area (Å²) < 4.78 is 12.6. The molecule has 290 valence electrons. The van der Waals surface area contributed by atoms with Gasteiger partial charge in [0, 0.05) is 25.9 Å². The van der Waals surface area contributed by atoms with Crippen LogP contribution in [0.25, 0.3) is 0 Å². The van der Waals surface area contributed by atoms with Crippen molar-refractivity contribution in [3.63, 3.8) is 0 Å². The second kappa shape index (κ2) is 34.0. The minimum Gasteiger partial charge on any atom is -0.461 e. The number of hydrogen-bond donors (Lipinski definition) is 0. The summed E-state index contributed by atoms with van der Waals surface area (Å²) in [5, 5.41) is 0. The van der Waals surface area contributed by atoms with Crippen LogP contribution in [0.15, 0.2) is 0 Å². The van der Waals surface area contributed by atoms with Gasteiger partial charge in [-0.05, 0) is 84.0 Å². The summed E-state index contributed by atoms with van der Waals surface area (Å²) in [5.41, 5.74) is 0. The fourth-order valence-electron chi connectivity index (χ4n) is 7.27. The Morgan fingerprint density at radius 3 is 1.29 bits per heavy atom. The molecular formula is C43H84N2O4. The van der Waals surface area contributed by atoms with Gasteiger partial charge in [-0.15, -0.1) is 0 Å². The Hall–Kier alpha value is -1.14. The molecular weight excluding hydrogens is 608 g/mol. The molecule has 1 heterocycles. The third-order valence-electron chi connectivity index (χ3n) is 10.4. The molecule has 2 unspecified atom stereocenters. The van der Waals surface area contributed by atoms with Crippen molar-refractivity contribution in [3.05, 3.63) is 0 Å². The van der Waals surface area contributed by atoms with Crippen molar-refractivity contribution in [2.45, 2.75) is 226 Å². The lowest BCUT2D eigenvalue weighted by Crippen LogP contribution is -2.42. The molecule has 2 atom stereocenters. The first-order valence-corrected chi connectivity index (χ1v) is 21.9. The lowest BCUT2D eigenvalue weighted by molar-refractivity contribution is -0.152. The fraction of sp³-hybridized carbons (Fsp3) is 0.953. The van der Waals surface area contributed by atoms with Crippen LogP contribution in [0.3, 0.4) is 0 Å². The molecule has 0 amide bonds. The van der Waals surface area contributed by atoms with E-state index >= 15 is 0 Å². The Kier molecular flexibility index (Phi) is 31.8. The SMILES string of the molecule is CCCCCCCCC(CN(CCCN1CCCC1)CC(CCCCCCCC)OC(=O)CCCCCCC)OC(=O)CCCCCCC. The Labute approximate surface area is 305 Å². The number of carbonyl (C=O) groups is 2. The Bertz CT molecular complexity index is 691. The van der Waals surface area contributed by atoms with Crippen molar-refractivity contribution in [2.75, 3.05) is 39.3 Å². The summed E-state index contributed by atoms with van der Waals surface area (Å²) in [5.74, 6) is -0.0507. The van der Waals surface area contributed by atoms with Gasteiger partial charge in [-0.25, -0.2) is 0 Å². The number of carbonyl (C=O) groups excluding carboxylic acids is 2. The van der Waals surface area contributed by atoms with Crippen molar-refractivity contribution in [3.8, 4) is 0 Å². The molecule has 0 N–H and O–H groups in total. The Morgan fingerprint density at radius 2 is 0.878 bits per heavy atom. The molecule has 0 aromatic rings. The van der Waals surface area contributed by atoms with E-state index in [1.807, 2.05) is 0 Å². The lowest BCUT2D eigenvalue weighted by Gasteiger charge is -2.31. The predicted octanol–water partition coefficient (Wildman–Crippen LogP) is 11.8. The van der Waals surface area contributed by atoms with Crippen molar-refractivity contribution in [2.24, 2.45) is 0 Å². The molecule has 0 aliphatic carbocycles. The highest BCUT2D eigenvalue weighted by Gasteiger charge is 2.24. The molecule has 6 heteroatoms. The average Bonchev–Trinajstić information content (AvgIpc) is 3.61. The van der Waals surface area contributed by atoms with Gasteiger partial charge in [-0.1, -0.05) is 143 Å². The normalized spacial score (nSPS) is 14.8. The lowest BCUT2D eigenvalue weighted by atomic mass is 10.0. The molecule has 1 aliphatic rings. The van der Waals surface area contributed by atoms with E-state index in [-0.39, 0.29) is 24.1 Å². The molecule has 1 saturated heterocycles. The van der Waals surface area contributed by atoms with E-state index in [1.165, 1.54) is 129 Å². The van der Waals surface area contributed by atoms with Gasteiger partial charge in [-0.2, -0.15) is 0 Å². The number of hydrogen-bond acceptors (Lipinski definition) is 6. The molecule has 49 heavy (non-hydrogen) atoms. The maximum atomic E-state index is 13.1. The summed E-state index contributed by atoms with van der Waals surface area (Å²) in [6, 6.07) is 0. The minimum atomic E-state index is -0.0925. The van der Waals surface area contributed by atoms with E-state index in [4.69, 9.17) is 9.47 Å². The van der Waals surface area contributed by atoms with Crippen LogP contribution >= 0.6 is 0 Å². The highest BCUT2D eigenvalue weighted by atomic mass is 16.5. The van der Waals surface area contributed by atoms with Gasteiger partial charge in [0.1, 0.15) is 12.2 Å². The van der Waals surface area contributed by atoms with Gasteiger partial charge in [-0.3, -0.25) is 14.5 Å². The molecule has 6 nitrogen and oxygen atoms in total. The van der Waals surface area contributed by atoms with Crippen LogP contribution in [0.4, 0.5) is 0 Å². The average molecular weight is 693 g/mol. The number of unbranched alkanes of at least 4 members (excludes halogenated alkanes) is 18. The monoisotopic (exact) mass is 693 g/mol. The van der Waals surface area contributed by atoms with Crippen LogP contribution in [-0.2, 0) is 19.1 Å². The maximum Gasteiger partial charge on any atom is 0.306 e. The van der Waals surface area contributed by atoms with Gasteiger partial charge in [0.25, 0.3) is 0 Å². The molecule has 0 radical (unpaired) electrons. The topological polar surface area (TPSA) is 59.1 Å². The van der Waals surface area contributed by atoms with Gasteiger partial charge in [0.05, 0.1) is 0 Å². The zero-order valence-corrected chi connectivity index (χ0v) is 33.4. The van der Waals surface area contributed by atoms with Crippen molar-refractivity contribution < 1.29 is 19.1 Å². The standard InChI is InChI=1S/C43H84N2O4/c1-5-9-13-17-21-23-30-40(48-42(46)32-25-19-15-11-7-3)38-45(37-29-36-44-34-27-28-35-44)39-41(31-24-22-18-14-10-6-2)49-43(47)33-26-20-16-12-8-4/h40-41H,5-39H2,1-4H3. The third-order valence-corrected chi connectivity index (χ3v) is 10.4. The second-order valence-corrected chi connectivity index (χ2v) is 15.3. The molecule has 0 aromatic heterocycles. The van der Waals surface area contributed by atoms with Crippen LogP contribution in [0.1, 0.15) is 214 Å². The zero-order valence-electron chi connectivity index (χ0n) is 33.4. The van der Waals surface area contributed by atoms with Crippen LogP contribution in [0.5, 0.6) is 0 Å². The van der Waals surface area contributed by atoms with Crippen molar-refractivity contribution in [1.82, 2.24) is 9.80 Å². The van der Waals surface area contributed by atoms with Crippen molar-refractivity contribution >= 4 is 11.9 Å². The third kappa shape index (κ3) is 28.2. The van der Waals surface area contributed by atoms with Gasteiger partial charge < -0.3 is 14.4 Å². The summed E-state index contributed by atoms with van der Waals surface area (Å²) in [6.45, 7) is 15.0. The van der Waals surface area contributed by atoms with E-state index in [0.29, 0.717) is 12.8 Å². The van der Waals surface area contributed by atoms with E-state index in [1.54, 1.807) is 0 Å². The number of likely N-dealkylation sites (tertiary alicyclic amines) is 1. The molecule has 0 spiro atoms. The number of esters is 2. The largest absolute Gasteiger partial charge is 0.461 e. The molecule has 0 bridgehead atoms. The van der Waals surface area contributed by atoms with E-state index in [9.17, 15) is 9.59 Å². The van der Waals surface area contributed by atoms with Crippen LogP contribution < -0.4 is 0 Å². The molecule has 1 fully saturated rings. The summed E-state index contributed by atoms with van der Waals surface area (Å²) in [6.07, 6.45) is 32.7. The first-order valence-electron chi connectivity index (χ1n) is 21.9. The van der Waals surface area contributed by atoms with E-state index in [2.05, 4.69) is 37.5 Å². The molecule has 0 aromatic carbocycles. The van der Waals surface area contributed by atoms with Gasteiger partial charge >= 0.3 is 11.9 Å². The second-order valence-electron chi connectivity index (χ2n) is 15.3. The summed E-state index contributed by atoms with van der Waals surface area (Å²) >= 11 is 0. The van der Waals surface area contributed by atoms with Crippen LogP contribution in [0.2, 0.25) is 0 Å². The Balaban J connectivity index is 2.96. The quantitative estimate of drug-likeness (QED) is 0.0481. The summed E-state index contributed by atoms with van der Waals surface area (Å²) in [7, 11) is 0. The van der Waals surface area contributed by atoms with Gasteiger partial charge in [0.15, 0.2) is 0 Å². The van der Waals surface area contributed by atoms with Crippen molar-refractivity contribution in [1.29, 1.82) is 0 Å². The van der Waals surface area contributed by atoms with E-state index in [0.717, 1.165) is 84.0 Å². The minimum absolute atomic E-state index is 0.0253. The Morgan fingerprint density at radius 1 is 0.510 bits per heavy atom. The van der Waals surface area contributed by atoms with Crippen LogP contribution in [-0.4, -0.2) is 73.2 Å². The fourth-order valence-corrected chi connectivity index (χ4v) is 7.27. The highest BCUT2D eigenvalue weighted by molar-refractivity contribution is 5.69. The molecule has 1 rings (SSSR count). The van der Waals surface area contributed by atoms with Gasteiger partial charge in [0.2, 0.25) is 0 Å². The maximum absolute atomic E-state index is 13.1. The number of nitrogens with zero attached hydrogens (tertiary/aromatic N) is 2.